The second kappa shape index (κ2) is 6.00. The molecule has 4 nitrogen and oxygen atoms in total. The largest absolute Gasteiger partial charge is 0.397 e. The monoisotopic (exact) mass is 255 g/mol. The molecule has 0 fully saturated rings. The summed E-state index contributed by atoms with van der Waals surface area (Å²) in [6.45, 7) is 2.52. The number of nitrogen functional groups attached to an aromatic ring is 1. The minimum Gasteiger partial charge on any atom is -0.397 e. The first-order valence-electron chi connectivity index (χ1n) is 6.26. The third kappa shape index (κ3) is 3.31. The topological polar surface area (TPSA) is 59.2 Å². The van der Waals surface area contributed by atoms with Gasteiger partial charge >= 0.3 is 0 Å². The van der Waals surface area contributed by atoms with Gasteiger partial charge in [-0.05, 0) is 24.6 Å². The van der Waals surface area contributed by atoms with E-state index in [0.29, 0.717) is 24.5 Å². The lowest BCUT2D eigenvalue weighted by Crippen LogP contribution is -2.32. The van der Waals surface area contributed by atoms with Crippen LogP contribution in [-0.2, 0) is 11.2 Å². The molecule has 0 spiro atoms. The van der Waals surface area contributed by atoms with Crippen molar-refractivity contribution in [2.45, 2.75) is 13.3 Å². The highest BCUT2D eigenvalue weighted by Gasteiger charge is 2.15. The Morgan fingerprint density at radius 3 is 2.53 bits per heavy atom. The number of anilines is 2. The fraction of sp³-hybridized carbons (Fsp3) is 0.200. The van der Waals surface area contributed by atoms with Gasteiger partial charge in [-0.15, -0.1) is 0 Å². The van der Waals surface area contributed by atoms with Crippen molar-refractivity contribution in [2.24, 2.45) is 0 Å². The van der Waals surface area contributed by atoms with Gasteiger partial charge in [0.05, 0.1) is 18.3 Å². The van der Waals surface area contributed by atoms with Crippen molar-refractivity contribution >= 4 is 17.4 Å². The Hall–Kier alpha value is -2.36. The summed E-state index contributed by atoms with van der Waals surface area (Å²) in [6.07, 6.45) is 1.94. The van der Waals surface area contributed by atoms with Crippen molar-refractivity contribution in [1.82, 2.24) is 4.98 Å². The average molecular weight is 255 g/mol. The molecule has 1 heterocycles. The van der Waals surface area contributed by atoms with Gasteiger partial charge in [-0.25, -0.2) is 4.98 Å². The molecule has 19 heavy (non-hydrogen) atoms. The molecule has 1 amide bonds. The minimum absolute atomic E-state index is 0.0333. The second-order valence-corrected chi connectivity index (χ2v) is 4.25. The molecule has 0 aliphatic rings. The Kier molecular flexibility index (Phi) is 4.13. The summed E-state index contributed by atoms with van der Waals surface area (Å²) in [5.41, 5.74) is 7.20. The van der Waals surface area contributed by atoms with E-state index in [9.17, 15) is 4.79 Å². The predicted molar refractivity (Wildman–Crippen MR) is 76.8 cm³/mol. The van der Waals surface area contributed by atoms with E-state index in [1.165, 1.54) is 0 Å². The van der Waals surface area contributed by atoms with Crippen LogP contribution in [0.3, 0.4) is 0 Å². The fourth-order valence-electron chi connectivity index (χ4n) is 1.89. The molecule has 1 aromatic heterocycles. The van der Waals surface area contributed by atoms with Gasteiger partial charge in [0.25, 0.3) is 0 Å². The number of pyridine rings is 1. The fourth-order valence-corrected chi connectivity index (χ4v) is 1.89. The Balaban J connectivity index is 2.13. The van der Waals surface area contributed by atoms with Crippen LogP contribution in [0.15, 0.2) is 48.7 Å². The number of rotatable bonds is 4. The number of hydrogen-bond donors (Lipinski definition) is 1. The highest BCUT2D eigenvalue weighted by Crippen LogP contribution is 2.14. The van der Waals surface area contributed by atoms with Gasteiger partial charge in [0.1, 0.15) is 5.82 Å². The quantitative estimate of drug-likeness (QED) is 0.911. The van der Waals surface area contributed by atoms with Crippen LogP contribution < -0.4 is 10.6 Å². The maximum atomic E-state index is 12.3. The second-order valence-electron chi connectivity index (χ2n) is 4.25. The summed E-state index contributed by atoms with van der Waals surface area (Å²) in [6, 6.07) is 13.2. The van der Waals surface area contributed by atoms with Crippen LogP contribution in [0, 0.1) is 0 Å². The van der Waals surface area contributed by atoms with Crippen molar-refractivity contribution in [1.29, 1.82) is 0 Å². The minimum atomic E-state index is 0.0333. The van der Waals surface area contributed by atoms with E-state index < -0.39 is 0 Å². The number of likely N-dealkylation sites (N-methyl/N-ethyl adjacent to an activating group) is 1. The summed E-state index contributed by atoms with van der Waals surface area (Å²) >= 11 is 0. The molecular weight excluding hydrogens is 238 g/mol. The van der Waals surface area contributed by atoms with Gasteiger partial charge in [0.15, 0.2) is 0 Å². The van der Waals surface area contributed by atoms with E-state index in [1.807, 2.05) is 37.3 Å². The summed E-state index contributed by atoms with van der Waals surface area (Å²) in [4.78, 5) is 18.1. The molecule has 0 radical (unpaired) electrons. The first kappa shape index (κ1) is 13.1. The molecule has 0 atom stereocenters. The van der Waals surface area contributed by atoms with Gasteiger partial charge in [-0.1, -0.05) is 30.3 Å². The van der Waals surface area contributed by atoms with Gasteiger partial charge in [0.2, 0.25) is 5.91 Å². The lowest BCUT2D eigenvalue weighted by molar-refractivity contribution is -0.118. The molecule has 0 saturated heterocycles. The molecule has 0 aliphatic carbocycles. The highest BCUT2D eigenvalue weighted by molar-refractivity contribution is 5.93. The molecule has 0 bridgehead atoms. The SMILES string of the molecule is CCN(C(=O)Cc1ccccc1)c1ccc(N)cn1. The molecule has 0 saturated carbocycles. The highest BCUT2D eigenvalue weighted by atomic mass is 16.2. The predicted octanol–water partition coefficient (Wildman–Crippen LogP) is 2.26. The number of aromatic nitrogens is 1. The number of carbonyl (C=O) groups excluding carboxylic acids is 1. The van der Waals surface area contributed by atoms with Gasteiger partial charge in [-0.2, -0.15) is 0 Å². The zero-order valence-electron chi connectivity index (χ0n) is 10.9. The first-order chi connectivity index (χ1) is 9.20. The lowest BCUT2D eigenvalue weighted by atomic mass is 10.1. The van der Waals surface area contributed by atoms with E-state index in [1.54, 1.807) is 23.2 Å². The van der Waals surface area contributed by atoms with Gasteiger partial charge in [0, 0.05) is 6.54 Å². The Bertz CT molecular complexity index is 537. The van der Waals surface area contributed by atoms with Crippen molar-refractivity contribution in [3.63, 3.8) is 0 Å². The molecular formula is C15H17N3O. The molecule has 0 unspecified atom stereocenters. The lowest BCUT2D eigenvalue weighted by Gasteiger charge is -2.20. The third-order valence-corrected chi connectivity index (χ3v) is 2.86. The molecule has 2 rings (SSSR count). The molecule has 98 valence electrons. The summed E-state index contributed by atoms with van der Waals surface area (Å²) in [5.74, 6) is 0.670. The van der Waals surface area contributed by atoms with Crippen LogP contribution in [0.25, 0.3) is 0 Å². The van der Waals surface area contributed by atoms with Crippen LogP contribution in [0.4, 0.5) is 11.5 Å². The smallest absolute Gasteiger partial charge is 0.232 e. The van der Waals surface area contributed by atoms with E-state index in [4.69, 9.17) is 5.73 Å². The normalized spacial score (nSPS) is 10.2. The number of hydrogen-bond acceptors (Lipinski definition) is 3. The maximum Gasteiger partial charge on any atom is 0.232 e. The maximum absolute atomic E-state index is 12.3. The van der Waals surface area contributed by atoms with Crippen LogP contribution in [0.5, 0.6) is 0 Å². The molecule has 1 aromatic carbocycles. The zero-order valence-corrected chi connectivity index (χ0v) is 10.9. The number of nitrogens with two attached hydrogens (primary N) is 1. The first-order valence-corrected chi connectivity index (χ1v) is 6.26. The number of carbonyl (C=O) groups is 1. The zero-order chi connectivity index (χ0) is 13.7. The van der Waals surface area contributed by atoms with Crippen LogP contribution in [0.1, 0.15) is 12.5 Å². The van der Waals surface area contributed by atoms with Crippen molar-refractivity contribution < 1.29 is 4.79 Å². The standard InChI is InChI=1S/C15H17N3O/c1-2-18(14-9-8-13(16)11-17-14)15(19)10-12-6-4-3-5-7-12/h3-9,11H,2,10,16H2,1H3. The van der Waals surface area contributed by atoms with Gasteiger partial charge < -0.3 is 5.73 Å². The number of amides is 1. The summed E-state index contributed by atoms with van der Waals surface area (Å²) < 4.78 is 0. The number of nitrogens with zero attached hydrogens (tertiary/aromatic N) is 2. The average Bonchev–Trinajstić information content (AvgIpc) is 2.43. The Labute approximate surface area is 112 Å². The van der Waals surface area contributed by atoms with Crippen LogP contribution in [-0.4, -0.2) is 17.4 Å². The summed E-state index contributed by atoms with van der Waals surface area (Å²) in [7, 11) is 0. The van der Waals surface area contributed by atoms with Crippen LogP contribution in [0.2, 0.25) is 0 Å². The summed E-state index contributed by atoms with van der Waals surface area (Å²) in [5, 5.41) is 0. The van der Waals surface area contributed by atoms with Crippen molar-refractivity contribution in [3.05, 3.63) is 54.2 Å². The van der Waals surface area contributed by atoms with Crippen LogP contribution >= 0.6 is 0 Å². The number of benzene rings is 1. The van der Waals surface area contributed by atoms with E-state index in [0.717, 1.165) is 5.56 Å². The van der Waals surface area contributed by atoms with Gasteiger partial charge in [-0.3, -0.25) is 9.69 Å². The van der Waals surface area contributed by atoms with E-state index >= 15 is 0 Å². The third-order valence-electron chi connectivity index (χ3n) is 2.86. The van der Waals surface area contributed by atoms with E-state index in [-0.39, 0.29) is 5.91 Å². The Morgan fingerprint density at radius 2 is 1.95 bits per heavy atom. The van der Waals surface area contributed by atoms with Crippen molar-refractivity contribution in [3.8, 4) is 0 Å². The molecule has 0 aliphatic heterocycles. The Morgan fingerprint density at radius 1 is 1.21 bits per heavy atom. The van der Waals surface area contributed by atoms with Crippen molar-refractivity contribution in [2.75, 3.05) is 17.2 Å². The van der Waals surface area contributed by atoms with E-state index in [2.05, 4.69) is 4.98 Å². The molecule has 4 heteroatoms. The molecule has 2 aromatic rings. The molecule has 2 N–H and O–H groups in total.